The van der Waals surface area contributed by atoms with Crippen LogP contribution >= 0.6 is 11.3 Å². The highest BCUT2D eigenvalue weighted by molar-refractivity contribution is 7.92. The molecule has 4 rings (SSSR count). The summed E-state index contributed by atoms with van der Waals surface area (Å²) >= 11 is 1.20. The maximum absolute atomic E-state index is 12.7. The lowest BCUT2D eigenvalue weighted by molar-refractivity contribution is -0.387. The molecule has 166 valence electrons. The number of hydrogen-bond donors (Lipinski definition) is 2. The number of nitrogens with one attached hydrogen (secondary N) is 2. The molecule has 10 nitrogen and oxygen atoms in total. The second-order valence-electron chi connectivity index (χ2n) is 6.64. The lowest BCUT2D eigenvalue weighted by atomic mass is 10.2. The van der Waals surface area contributed by atoms with E-state index in [0.717, 1.165) is 17.7 Å². The van der Waals surface area contributed by atoms with Gasteiger partial charge in [0.25, 0.3) is 21.6 Å². The molecule has 3 aromatic carbocycles. The highest BCUT2D eigenvalue weighted by Crippen LogP contribution is 2.27. The van der Waals surface area contributed by atoms with Gasteiger partial charge in [-0.2, -0.15) is 0 Å². The average molecular weight is 482 g/mol. The molecule has 2 N–H and O–H groups in total. The fourth-order valence-corrected chi connectivity index (χ4v) is 4.88. The molecule has 0 aliphatic heterocycles. The Balaban J connectivity index is 1.52. The summed E-state index contributed by atoms with van der Waals surface area (Å²) in [5.74, 6) is -0.516. The van der Waals surface area contributed by atoms with Crippen LogP contribution in [0.1, 0.15) is 10.4 Å². The molecule has 4 aromatic rings. The van der Waals surface area contributed by atoms with Crippen molar-refractivity contribution in [1.29, 1.82) is 0 Å². The number of para-hydroxylation sites is 1. The first kappa shape index (κ1) is 22.0. The number of nitro groups is 1. The second kappa shape index (κ2) is 9.14. The number of nitro benzene ring substituents is 1. The highest BCUT2D eigenvalue weighted by atomic mass is 32.2. The predicted octanol–water partition coefficient (Wildman–Crippen LogP) is 4.17. The quantitative estimate of drug-likeness (QED) is 0.298. The number of carbonyl (C=O) groups is 1. The van der Waals surface area contributed by atoms with E-state index in [0.29, 0.717) is 5.01 Å². The van der Waals surface area contributed by atoms with Gasteiger partial charge in [-0.3, -0.25) is 24.9 Å². The summed E-state index contributed by atoms with van der Waals surface area (Å²) in [5.41, 5.74) is 0.545. The zero-order valence-corrected chi connectivity index (χ0v) is 18.3. The molecule has 0 radical (unpaired) electrons. The number of sulfonamides is 1. The van der Waals surface area contributed by atoms with E-state index >= 15 is 0 Å². The van der Waals surface area contributed by atoms with Gasteiger partial charge in [0.05, 0.1) is 4.92 Å². The average Bonchev–Trinajstić information content (AvgIpc) is 3.28. The van der Waals surface area contributed by atoms with Gasteiger partial charge < -0.3 is 0 Å². The zero-order valence-electron chi connectivity index (χ0n) is 16.7. The summed E-state index contributed by atoms with van der Waals surface area (Å²) in [6.45, 7) is 0. The molecule has 0 atom stereocenters. The Morgan fingerprint density at radius 1 is 0.939 bits per heavy atom. The Morgan fingerprint density at radius 3 is 2.42 bits per heavy atom. The number of nitrogens with zero attached hydrogens (tertiary/aromatic N) is 3. The van der Waals surface area contributed by atoms with Crippen molar-refractivity contribution in [3.8, 4) is 10.6 Å². The van der Waals surface area contributed by atoms with E-state index in [4.69, 9.17) is 0 Å². The van der Waals surface area contributed by atoms with Crippen LogP contribution in [0.2, 0.25) is 0 Å². The molecule has 12 heteroatoms. The van der Waals surface area contributed by atoms with E-state index in [1.807, 2.05) is 30.3 Å². The van der Waals surface area contributed by atoms with Gasteiger partial charge in [0, 0.05) is 22.9 Å². The number of benzene rings is 3. The van der Waals surface area contributed by atoms with Crippen molar-refractivity contribution in [3.05, 3.63) is 94.5 Å². The van der Waals surface area contributed by atoms with E-state index in [1.54, 1.807) is 0 Å². The summed E-state index contributed by atoms with van der Waals surface area (Å²) in [6, 6.07) is 20.1. The van der Waals surface area contributed by atoms with Crippen LogP contribution in [0, 0.1) is 10.1 Å². The van der Waals surface area contributed by atoms with E-state index in [-0.39, 0.29) is 16.4 Å². The van der Waals surface area contributed by atoms with Gasteiger partial charge in [-0.25, -0.2) is 8.42 Å². The van der Waals surface area contributed by atoms with E-state index in [2.05, 4.69) is 20.2 Å². The summed E-state index contributed by atoms with van der Waals surface area (Å²) in [6.07, 6.45) is 0. The Morgan fingerprint density at radius 2 is 1.67 bits per heavy atom. The third kappa shape index (κ3) is 5.02. The minimum atomic E-state index is -4.26. The molecule has 0 saturated heterocycles. The molecular formula is C21H15N5O5S2. The molecule has 0 aliphatic rings. The fraction of sp³-hybridized carbons (Fsp3) is 0. The Hall–Kier alpha value is -4.16. The highest BCUT2D eigenvalue weighted by Gasteiger charge is 2.25. The SMILES string of the molecule is O=C(Nc1nnc(-c2ccccc2)s1)c1cccc(NS(=O)(=O)c2ccccc2[N+](=O)[O-])c1. The monoisotopic (exact) mass is 481 g/mol. The first-order chi connectivity index (χ1) is 15.8. The molecule has 1 amide bonds. The molecule has 0 aliphatic carbocycles. The van der Waals surface area contributed by atoms with E-state index in [9.17, 15) is 23.3 Å². The van der Waals surface area contributed by atoms with Crippen LogP contribution < -0.4 is 10.0 Å². The first-order valence-electron chi connectivity index (χ1n) is 9.40. The van der Waals surface area contributed by atoms with Gasteiger partial charge in [0.15, 0.2) is 4.90 Å². The number of rotatable bonds is 7. The summed E-state index contributed by atoms with van der Waals surface area (Å²) in [7, 11) is -4.26. The van der Waals surface area contributed by atoms with Crippen molar-refractivity contribution in [2.45, 2.75) is 4.90 Å². The number of anilines is 2. The molecular weight excluding hydrogens is 466 g/mol. The molecule has 0 spiro atoms. The predicted molar refractivity (Wildman–Crippen MR) is 124 cm³/mol. The van der Waals surface area contributed by atoms with Crippen molar-refractivity contribution >= 4 is 43.8 Å². The summed E-state index contributed by atoms with van der Waals surface area (Å²) in [4.78, 5) is 22.6. The zero-order chi connectivity index (χ0) is 23.4. The Bertz CT molecular complexity index is 1440. The number of carbonyl (C=O) groups excluding carboxylic acids is 1. The molecule has 33 heavy (non-hydrogen) atoms. The van der Waals surface area contributed by atoms with Crippen molar-refractivity contribution in [2.24, 2.45) is 0 Å². The van der Waals surface area contributed by atoms with Crippen molar-refractivity contribution in [3.63, 3.8) is 0 Å². The Labute approximate surface area is 192 Å². The minimum Gasteiger partial charge on any atom is -0.296 e. The van der Waals surface area contributed by atoms with Gasteiger partial charge in [-0.05, 0) is 24.3 Å². The van der Waals surface area contributed by atoms with Crippen LogP contribution in [0.15, 0.2) is 83.8 Å². The lowest BCUT2D eigenvalue weighted by Gasteiger charge is -2.09. The normalized spacial score (nSPS) is 11.0. The topological polar surface area (TPSA) is 144 Å². The van der Waals surface area contributed by atoms with Crippen molar-refractivity contribution in [1.82, 2.24) is 10.2 Å². The Kier molecular flexibility index (Phi) is 6.11. The van der Waals surface area contributed by atoms with Crippen molar-refractivity contribution < 1.29 is 18.1 Å². The lowest BCUT2D eigenvalue weighted by Crippen LogP contribution is -2.16. The molecule has 1 aromatic heterocycles. The van der Waals surface area contributed by atoms with Crippen LogP contribution in [0.25, 0.3) is 10.6 Å². The van der Waals surface area contributed by atoms with Crippen LogP contribution in [0.4, 0.5) is 16.5 Å². The molecule has 1 heterocycles. The molecule has 0 bridgehead atoms. The smallest absolute Gasteiger partial charge is 0.289 e. The third-order valence-electron chi connectivity index (χ3n) is 4.39. The third-order valence-corrected chi connectivity index (χ3v) is 6.71. The van der Waals surface area contributed by atoms with Gasteiger partial charge in [-0.15, -0.1) is 10.2 Å². The van der Waals surface area contributed by atoms with Crippen LogP contribution in [0.5, 0.6) is 0 Å². The van der Waals surface area contributed by atoms with Crippen LogP contribution in [-0.4, -0.2) is 29.4 Å². The van der Waals surface area contributed by atoms with Gasteiger partial charge in [0.2, 0.25) is 5.13 Å². The van der Waals surface area contributed by atoms with E-state index in [1.165, 1.54) is 47.7 Å². The summed E-state index contributed by atoms with van der Waals surface area (Å²) in [5, 5.41) is 22.8. The maximum atomic E-state index is 12.7. The minimum absolute atomic E-state index is 0.0723. The number of aromatic nitrogens is 2. The molecule has 0 saturated carbocycles. The maximum Gasteiger partial charge on any atom is 0.289 e. The van der Waals surface area contributed by atoms with E-state index < -0.39 is 31.4 Å². The largest absolute Gasteiger partial charge is 0.296 e. The van der Waals surface area contributed by atoms with Crippen LogP contribution in [0.3, 0.4) is 0 Å². The fourth-order valence-electron chi connectivity index (χ4n) is 2.91. The van der Waals surface area contributed by atoms with Gasteiger partial charge >= 0.3 is 0 Å². The number of hydrogen-bond acceptors (Lipinski definition) is 8. The van der Waals surface area contributed by atoms with Crippen LogP contribution in [-0.2, 0) is 10.0 Å². The number of amides is 1. The summed E-state index contributed by atoms with van der Waals surface area (Å²) < 4.78 is 27.7. The van der Waals surface area contributed by atoms with Crippen molar-refractivity contribution in [2.75, 3.05) is 10.0 Å². The first-order valence-corrected chi connectivity index (χ1v) is 11.7. The second-order valence-corrected chi connectivity index (χ2v) is 9.27. The van der Waals surface area contributed by atoms with Gasteiger partial charge in [0.1, 0.15) is 5.01 Å². The molecule has 0 fully saturated rings. The molecule has 0 unspecified atom stereocenters. The standard InChI is InChI=1S/C21H15N5O5S2/c27-19(22-21-24-23-20(32-21)14-7-2-1-3-8-14)15-9-6-10-16(13-15)25-33(30,31)18-12-5-4-11-17(18)26(28)29/h1-13,25H,(H,22,24,27). The van der Waals surface area contributed by atoms with Gasteiger partial charge in [-0.1, -0.05) is 59.9 Å².